The molecule has 24 heavy (non-hydrogen) atoms. The molecule has 0 radical (unpaired) electrons. The second kappa shape index (κ2) is 7.68. The third-order valence-corrected chi connectivity index (χ3v) is 4.49. The summed E-state index contributed by atoms with van der Waals surface area (Å²) in [5.74, 6) is 0.546. The zero-order valence-corrected chi connectivity index (χ0v) is 13.9. The third kappa shape index (κ3) is 4.07. The van der Waals surface area contributed by atoms with Gasteiger partial charge in [-0.05, 0) is 36.6 Å². The summed E-state index contributed by atoms with van der Waals surface area (Å²) in [6.07, 6.45) is 3.61. The molecule has 2 aromatic rings. The molecule has 3 rings (SSSR count). The van der Waals surface area contributed by atoms with E-state index in [1.165, 1.54) is 6.07 Å². The average molecular weight is 330 g/mol. The highest BCUT2D eigenvalue weighted by Crippen LogP contribution is 2.20. The minimum absolute atomic E-state index is 0.231. The van der Waals surface area contributed by atoms with Crippen LogP contribution in [0.3, 0.4) is 0 Å². The van der Waals surface area contributed by atoms with Crippen molar-refractivity contribution >= 4 is 5.95 Å². The summed E-state index contributed by atoms with van der Waals surface area (Å²) < 4.78 is 13.3. The number of benzene rings is 1. The summed E-state index contributed by atoms with van der Waals surface area (Å²) in [5, 5.41) is 10.3. The lowest BCUT2D eigenvalue weighted by molar-refractivity contribution is 0.139. The van der Waals surface area contributed by atoms with E-state index in [2.05, 4.69) is 19.8 Å². The number of rotatable bonds is 5. The van der Waals surface area contributed by atoms with E-state index < -0.39 is 6.10 Å². The number of aromatic nitrogens is 2. The fourth-order valence-electron chi connectivity index (χ4n) is 2.97. The number of nitrogens with zero attached hydrogens (tertiary/aromatic N) is 4. The van der Waals surface area contributed by atoms with Crippen molar-refractivity contribution in [3.8, 4) is 0 Å². The van der Waals surface area contributed by atoms with E-state index >= 15 is 0 Å². The molecule has 0 aliphatic carbocycles. The van der Waals surface area contributed by atoms with Crippen molar-refractivity contribution in [2.75, 3.05) is 37.6 Å². The van der Waals surface area contributed by atoms with Crippen molar-refractivity contribution < 1.29 is 9.50 Å². The highest BCUT2D eigenvalue weighted by atomic mass is 19.1. The molecule has 1 N–H and O–H groups in total. The van der Waals surface area contributed by atoms with Gasteiger partial charge in [0.15, 0.2) is 0 Å². The summed E-state index contributed by atoms with van der Waals surface area (Å²) in [4.78, 5) is 13.1. The van der Waals surface area contributed by atoms with Gasteiger partial charge in [-0.1, -0.05) is 12.1 Å². The molecule has 0 spiro atoms. The van der Waals surface area contributed by atoms with Crippen molar-refractivity contribution in [1.82, 2.24) is 14.9 Å². The Labute approximate surface area is 141 Å². The number of aliphatic hydroxyl groups excluding tert-OH is 1. The van der Waals surface area contributed by atoms with E-state index in [4.69, 9.17) is 0 Å². The molecule has 0 saturated carbocycles. The minimum Gasteiger partial charge on any atom is -0.388 e. The monoisotopic (exact) mass is 330 g/mol. The number of hydrogen-bond acceptors (Lipinski definition) is 5. The van der Waals surface area contributed by atoms with Gasteiger partial charge in [0.25, 0.3) is 0 Å². The molecule has 1 atom stereocenters. The van der Waals surface area contributed by atoms with Crippen LogP contribution in [0.5, 0.6) is 0 Å². The van der Waals surface area contributed by atoms with Gasteiger partial charge in [-0.15, -0.1) is 0 Å². The Bertz CT molecular complexity index is 659. The fraction of sp³-hybridized carbons (Fsp3) is 0.444. The summed E-state index contributed by atoms with van der Waals surface area (Å²) >= 11 is 0. The molecule has 1 aliphatic heterocycles. The molecule has 0 bridgehead atoms. The molecule has 1 aromatic heterocycles. The zero-order valence-electron chi connectivity index (χ0n) is 13.9. The van der Waals surface area contributed by atoms with Crippen LogP contribution in [-0.4, -0.2) is 52.7 Å². The zero-order chi connectivity index (χ0) is 16.9. The predicted molar refractivity (Wildman–Crippen MR) is 91.4 cm³/mol. The summed E-state index contributed by atoms with van der Waals surface area (Å²) in [7, 11) is 0. The van der Waals surface area contributed by atoms with Crippen LogP contribution >= 0.6 is 0 Å². The van der Waals surface area contributed by atoms with E-state index in [9.17, 15) is 9.50 Å². The van der Waals surface area contributed by atoms with Crippen molar-refractivity contribution in [1.29, 1.82) is 0 Å². The first-order chi connectivity index (χ1) is 11.6. The summed E-state index contributed by atoms with van der Waals surface area (Å²) in [6, 6.07) is 6.63. The topological polar surface area (TPSA) is 52.5 Å². The predicted octanol–water partition coefficient (Wildman–Crippen LogP) is 2.17. The second-order valence-corrected chi connectivity index (χ2v) is 6.19. The minimum atomic E-state index is -0.556. The maximum absolute atomic E-state index is 13.3. The van der Waals surface area contributed by atoms with E-state index in [0.29, 0.717) is 12.0 Å². The lowest BCUT2D eigenvalue weighted by atomic mass is 10.0. The van der Waals surface area contributed by atoms with Gasteiger partial charge in [0.05, 0.1) is 6.10 Å². The number of aryl methyl sites for hydroxylation is 1. The molecular weight excluding hydrogens is 307 g/mol. The Balaban J connectivity index is 1.47. The normalized spacial score (nSPS) is 17.0. The number of anilines is 1. The average Bonchev–Trinajstić information content (AvgIpc) is 2.63. The van der Waals surface area contributed by atoms with E-state index in [1.807, 2.05) is 6.07 Å². The van der Waals surface area contributed by atoms with Crippen LogP contribution in [0.2, 0.25) is 0 Å². The van der Waals surface area contributed by atoms with Crippen LogP contribution in [-0.2, 0) is 0 Å². The van der Waals surface area contributed by atoms with Crippen molar-refractivity contribution in [2.45, 2.75) is 19.4 Å². The highest BCUT2D eigenvalue weighted by Gasteiger charge is 2.19. The molecule has 1 unspecified atom stereocenters. The smallest absolute Gasteiger partial charge is 0.225 e. The molecule has 1 aromatic carbocycles. The van der Waals surface area contributed by atoms with Crippen LogP contribution in [0.25, 0.3) is 0 Å². The Morgan fingerprint density at radius 2 is 1.88 bits per heavy atom. The van der Waals surface area contributed by atoms with Gasteiger partial charge >= 0.3 is 0 Å². The van der Waals surface area contributed by atoms with E-state index in [0.717, 1.165) is 44.2 Å². The first kappa shape index (κ1) is 16.8. The molecule has 1 saturated heterocycles. The number of hydrogen-bond donors (Lipinski definition) is 1. The molecule has 1 fully saturated rings. The molecule has 6 heteroatoms. The Hall–Kier alpha value is -2.05. The maximum atomic E-state index is 13.3. The highest BCUT2D eigenvalue weighted by molar-refractivity contribution is 5.29. The lowest BCUT2D eigenvalue weighted by Crippen LogP contribution is -2.47. The van der Waals surface area contributed by atoms with E-state index in [-0.39, 0.29) is 5.82 Å². The first-order valence-electron chi connectivity index (χ1n) is 8.32. The number of aliphatic hydroxyl groups is 1. The van der Waals surface area contributed by atoms with Crippen molar-refractivity contribution in [3.05, 3.63) is 53.6 Å². The van der Waals surface area contributed by atoms with Gasteiger partial charge in [-0.2, -0.15) is 0 Å². The Kier molecular flexibility index (Phi) is 5.37. The van der Waals surface area contributed by atoms with Gasteiger partial charge < -0.3 is 10.0 Å². The standard InChI is InChI=1S/C18H23FN4O/c1-14-13-15(3-4-16(14)19)17(24)5-8-22-9-11-23(12-10-22)18-20-6-2-7-21-18/h2-4,6-7,13,17,24H,5,8-12H2,1H3. The lowest BCUT2D eigenvalue weighted by Gasteiger charge is -2.35. The summed E-state index contributed by atoms with van der Waals surface area (Å²) in [5.41, 5.74) is 1.35. The van der Waals surface area contributed by atoms with Crippen molar-refractivity contribution in [3.63, 3.8) is 0 Å². The summed E-state index contributed by atoms with van der Waals surface area (Å²) in [6.45, 7) is 6.16. The van der Waals surface area contributed by atoms with Crippen LogP contribution in [0.15, 0.2) is 36.7 Å². The molecule has 0 amide bonds. The van der Waals surface area contributed by atoms with Crippen LogP contribution < -0.4 is 4.90 Å². The van der Waals surface area contributed by atoms with Crippen LogP contribution in [0.4, 0.5) is 10.3 Å². The van der Waals surface area contributed by atoms with Crippen LogP contribution in [0.1, 0.15) is 23.7 Å². The SMILES string of the molecule is Cc1cc(C(O)CCN2CCN(c3ncccn3)CC2)ccc1F. The molecule has 5 nitrogen and oxygen atoms in total. The van der Waals surface area contributed by atoms with Gasteiger partial charge in [0.2, 0.25) is 5.95 Å². The number of piperazine rings is 1. The van der Waals surface area contributed by atoms with E-state index in [1.54, 1.807) is 31.5 Å². The third-order valence-electron chi connectivity index (χ3n) is 4.49. The van der Waals surface area contributed by atoms with Crippen LogP contribution in [0, 0.1) is 12.7 Å². The quantitative estimate of drug-likeness (QED) is 0.910. The fourth-order valence-corrected chi connectivity index (χ4v) is 2.97. The molecule has 1 aliphatic rings. The Morgan fingerprint density at radius 3 is 2.54 bits per heavy atom. The van der Waals surface area contributed by atoms with Gasteiger partial charge in [0, 0.05) is 45.1 Å². The largest absolute Gasteiger partial charge is 0.388 e. The molecular formula is C18H23FN4O. The number of halogens is 1. The van der Waals surface area contributed by atoms with Gasteiger partial charge in [0.1, 0.15) is 5.82 Å². The maximum Gasteiger partial charge on any atom is 0.225 e. The van der Waals surface area contributed by atoms with Gasteiger partial charge in [-0.25, -0.2) is 14.4 Å². The first-order valence-corrected chi connectivity index (χ1v) is 8.32. The molecule has 2 heterocycles. The Morgan fingerprint density at radius 1 is 1.17 bits per heavy atom. The van der Waals surface area contributed by atoms with Gasteiger partial charge in [-0.3, -0.25) is 4.90 Å². The second-order valence-electron chi connectivity index (χ2n) is 6.19. The molecule has 128 valence electrons. The van der Waals surface area contributed by atoms with Crippen molar-refractivity contribution in [2.24, 2.45) is 0 Å².